The molecule has 0 atom stereocenters. The number of benzene rings is 2. The first-order valence-corrected chi connectivity index (χ1v) is 20.0. The van der Waals surface area contributed by atoms with E-state index in [1.807, 2.05) is 13.8 Å². The van der Waals surface area contributed by atoms with E-state index < -0.39 is 28.9 Å². The minimum absolute atomic E-state index is 0.0216. The van der Waals surface area contributed by atoms with Gasteiger partial charge in [-0.25, -0.2) is 0 Å². The van der Waals surface area contributed by atoms with Crippen LogP contribution in [0, 0.1) is 13.8 Å². The van der Waals surface area contributed by atoms with E-state index in [2.05, 4.69) is 61.8 Å². The smallest absolute Gasteiger partial charge is 0.357 e. The molecular weight excluding hydrogens is 714 g/mol. The lowest BCUT2D eigenvalue weighted by Gasteiger charge is -2.50. The van der Waals surface area contributed by atoms with Gasteiger partial charge >= 0.3 is 12.4 Å². The number of aryl methyl sites for hydroxylation is 2. The summed E-state index contributed by atoms with van der Waals surface area (Å²) in [6.45, 7) is 8.10. The van der Waals surface area contributed by atoms with E-state index in [0.717, 1.165) is 92.4 Å². The highest BCUT2D eigenvalue weighted by molar-refractivity contribution is 5.88. The lowest BCUT2D eigenvalue weighted by atomic mass is 9.61. The van der Waals surface area contributed by atoms with Crippen molar-refractivity contribution in [2.45, 2.75) is 146 Å². The Morgan fingerprint density at radius 1 is 0.618 bits per heavy atom. The number of aromatic nitrogens is 2. The van der Waals surface area contributed by atoms with Crippen LogP contribution in [0.3, 0.4) is 0 Å². The molecule has 2 aromatic heterocycles. The maximum Gasteiger partial charge on any atom is 0.416 e. The Balaban J connectivity index is 0.000000350. The highest BCUT2D eigenvalue weighted by Gasteiger charge is 2.49. The molecule has 0 unspecified atom stereocenters. The number of nitrogens with zero attached hydrogens (tertiary/aromatic N) is 2. The molecule has 2 heterocycles. The predicted octanol–water partition coefficient (Wildman–Crippen LogP) is 12.3. The Bertz CT molecular complexity index is 1830. The molecule has 304 valence electrons. The molecule has 5 nitrogen and oxygen atoms in total. The number of alkyl halides is 6. The fourth-order valence-corrected chi connectivity index (χ4v) is 9.58. The monoisotopic (exact) mass is 774 g/mol. The largest absolute Gasteiger partial charge is 0.416 e. The molecule has 2 aliphatic carbocycles. The Labute approximate surface area is 322 Å². The van der Waals surface area contributed by atoms with Crippen molar-refractivity contribution in [1.82, 2.24) is 19.8 Å². The number of carbonyl (C=O) groups is 1. The van der Waals surface area contributed by atoms with Gasteiger partial charge in [0.2, 0.25) is 0 Å². The first-order chi connectivity index (χ1) is 25.7. The second-order valence-corrected chi connectivity index (χ2v) is 16.8. The molecule has 0 amide bonds. The zero-order valence-electron chi connectivity index (χ0n) is 33.9. The standard InChI is InChI=1S/C32H37F6N3.C12H23NO/c1-6-7-12-29(41(4)5)13-15-30(16-14-29,27-19(2)23-17-21(31(33,34)35)8-10-25(23)39-27)28-20(3)24-18-22(32(36,37)38)9-11-26(24)40-28;1-4-5-8-12(13(2)3)9-6-11(14)7-10-12/h8-11,17-18,39-40H,6-7,12-16H2,1-5H3;4-10H2,1-3H3. The Hall–Kier alpha value is -3.31. The van der Waals surface area contributed by atoms with Crippen LogP contribution in [0.15, 0.2) is 36.4 Å². The van der Waals surface area contributed by atoms with Gasteiger partial charge in [-0.1, -0.05) is 39.5 Å². The fraction of sp³-hybridized carbons (Fsp3) is 0.614. The number of nitrogens with one attached hydrogen (secondary N) is 2. The van der Waals surface area contributed by atoms with Gasteiger partial charge in [0.1, 0.15) is 5.78 Å². The lowest BCUT2D eigenvalue weighted by molar-refractivity contribution is -0.138. The van der Waals surface area contributed by atoms with Crippen molar-refractivity contribution in [3.63, 3.8) is 0 Å². The van der Waals surface area contributed by atoms with E-state index in [-0.39, 0.29) is 5.54 Å². The van der Waals surface area contributed by atoms with Crippen LogP contribution >= 0.6 is 0 Å². The van der Waals surface area contributed by atoms with Crippen LogP contribution in [0.2, 0.25) is 0 Å². The summed E-state index contributed by atoms with van der Waals surface area (Å²) in [5, 5.41) is 1.02. The lowest BCUT2D eigenvalue weighted by Crippen LogP contribution is -2.51. The van der Waals surface area contributed by atoms with Crippen LogP contribution in [-0.2, 0) is 22.6 Å². The van der Waals surface area contributed by atoms with Gasteiger partial charge in [0.15, 0.2) is 0 Å². The average Bonchev–Trinajstić information content (AvgIpc) is 3.66. The summed E-state index contributed by atoms with van der Waals surface area (Å²) in [6.07, 6.45) is 4.90. The quantitative estimate of drug-likeness (QED) is 0.158. The third-order valence-corrected chi connectivity index (χ3v) is 13.4. The van der Waals surface area contributed by atoms with Gasteiger partial charge in [0.05, 0.1) is 16.5 Å². The minimum atomic E-state index is -4.46. The van der Waals surface area contributed by atoms with Crippen molar-refractivity contribution in [1.29, 1.82) is 0 Å². The van der Waals surface area contributed by atoms with E-state index in [9.17, 15) is 31.1 Å². The van der Waals surface area contributed by atoms with Crippen molar-refractivity contribution in [3.05, 3.63) is 70.0 Å². The second-order valence-electron chi connectivity index (χ2n) is 16.8. The number of halogens is 6. The topological polar surface area (TPSA) is 55.1 Å². The summed E-state index contributed by atoms with van der Waals surface area (Å²) in [6, 6.07) is 7.52. The number of aromatic amines is 2. The van der Waals surface area contributed by atoms with Crippen LogP contribution in [0.4, 0.5) is 26.3 Å². The molecule has 0 bridgehead atoms. The van der Waals surface area contributed by atoms with Crippen LogP contribution in [0.25, 0.3) is 21.8 Å². The summed E-state index contributed by atoms with van der Waals surface area (Å²) in [4.78, 5) is 22.8. The maximum atomic E-state index is 13.6. The molecule has 0 saturated heterocycles. The second kappa shape index (κ2) is 16.3. The molecule has 6 rings (SSSR count). The summed E-state index contributed by atoms with van der Waals surface area (Å²) < 4.78 is 81.6. The molecule has 11 heteroatoms. The van der Waals surface area contributed by atoms with Crippen molar-refractivity contribution >= 4 is 27.6 Å². The molecule has 2 aliphatic rings. The van der Waals surface area contributed by atoms with Crippen molar-refractivity contribution in [2.24, 2.45) is 0 Å². The molecule has 55 heavy (non-hydrogen) atoms. The van der Waals surface area contributed by atoms with Gasteiger partial charge in [-0.2, -0.15) is 26.3 Å². The summed E-state index contributed by atoms with van der Waals surface area (Å²) in [5.74, 6) is 0.457. The molecule has 2 aromatic carbocycles. The van der Waals surface area contributed by atoms with E-state index >= 15 is 0 Å². The van der Waals surface area contributed by atoms with Crippen LogP contribution < -0.4 is 0 Å². The van der Waals surface area contributed by atoms with Gasteiger partial charge in [0.25, 0.3) is 0 Å². The zero-order chi connectivity index (χ0) is 40.6. The molecule has 4 aromatic rings. The molecule has 2 saturated carbocycles. The SMILES string of the molecule is CCCCC1(N(C)C)CCC(=O)CC1.CCCCC1(N(C)C)CCC(c2[nH]c3ccc(C(F)(F)F)cc3c2C)(c2[nH]c3ccc(C(F)(F)F)cc3c2C)CC1. The van der Waals surface area contributed by atoms with Gasteiger partial charge in [-0.15, -0.1) is 0 Å². The minimum Gasteiger partial charge on any atom is -0.357 e. The first-order valence-electron chi connectivity index (χ1n) is 20.0. The normalized spacial score (nSPS) is 18.7. The molecule has 2 N–H and O–H groups in total. The maximum absolute atomic E-state index is 13.6. The van der Waals surface area contributed by atoms with Crippen LogP contribution in [0.5, 0.6) is 0 Å². The molecular formula is C44H60F6N4O. The van der Waals surface area contributed by atoms with Crippen LogP contribution in [0.1, 0.15) is 137 Å². The molecule has 0 spiro atoms. The number of fused-ring (bicyclic) bond motifs is 2. The van der Waals surface area contributed by atoms with Gasteiger partial charge in [0, 0.05) is 57.1 Å². The Kier molecular flexibility index (Phi) is 12.7. The number of carbonyl (C=O) groups excluding carboxylic acids is 1. The van der Waals surface area contributed by atoms with Crippen molar-refractivity contribution < 1.29 is 31.1 Å². The molecule has 0 radical (unpaired) electrons. The van der Waals surface area contributed by atoms with Crippen LogP contribution in [-0.4, -0.2) is 64.8 Å². The summed E-state index contributed by atoms with van der Waals surface area (Å²) >= 11 is 0. The van der Waals surface area contributed by atoms with Crippen molar-refractivity contribution in [3.8, 4) is 0 Å². The highest BCUT2D eigenvalue weighted by Crippen LogP contribution is 2.53. The van der Waals surface area contributed by atoms with E-state index in [1.54, 1.807) is 0 Å². The Morgan fingerprint density at radius 2 is 1.00 bits per heavy atom. The summed E-state index contributed by atoms with van der Waals surface area (Å²) in [7, 11) is 8.52. The third kappa shape index (κ3) is 8.53. The number of H-pyrrole nitrogens is 2. The number of rotatable bonds is 10. The van der Waals surface area contributed by atoms with Gasteiger partial charge < -0.3 is 19.8 Å². The molecule has 0 aliphatic heterocycles. The zero-order valence-corrected chi connectivity index (χ0v) is 33.9. The number of ketones is 1. The molecule has 2 fully saturated rings. The number of Topliss-reactive ketones (excluding diaryl/α,β-unsaturated/α-hetero) is 1. The van der Waals surface area contributed by atoms with Crippen molar-refractivity contribution in [2.75, 3.05) is 28.2 Å². The van der Waals surface area contributed by atoms with E-state index in [1.165, 1.54) is 43.5 Å². The number of hydrogen-bond acceptors (Lipinski definition) is 3. The predicted molar refractivity (Wildman–Crippen MR) is 211 cm³/mol. The van der Waals surface area contributed by atoms with E-state index in [4.69, 9.17) is 0 Å². The Morgan fingerprint density at radius 3 is 1.35 bits per heavy atom. The third-order valence-electron chi connectivity index (χ3n) is 13.4. The number of hydrogen-bond donors (Lipinski definition) is 2. The average molecular weight is 775 g/mol. The summed E-state index contributed by atoms with van der Waals surface area (Å²) in [5.41, 5.74) is 2.65. The highest BCUT2D eigenvalue weighted by atomic mass is 19.4. The fourth-order valence-electron chi connectivity index (χ4n) is 9.58. The number of unbranched alkanes of at least 4 members (excludes halogenated alkanes) is 2. The van der Waals surface area contributed by atoms with Gasteiger partial charge in [-0.3, -0.25) is 4.79 Å². The van der Waals surface area contributed by atoms with Gasteiger partial charge in [-0.05, 0) is 141 Å². The first kappa shape index (κ1) is 42.8. The van der Waals surface area contributed by atoms with E-state index in [0.29, 0.717) is 46.0 Å².